The van der Waals surface area contributed by atoms with Gasteiger partial charge in [0.05, 0.1) is 6.61 Å². The fraction of sp³-hybridized carbons (Fsp3) is 0.321. The van der Waals surface area contributed by atoms with E-state index in [1.807, 2.05) is 65.6 Å². The molecule has 2 amide bonds. The lowest BCUT2D eigenvalue weighted by Crippen LogP contribution is -2.68. The van der Waals surface area contributed by atoms with E-state index in [-0.39, 0.29) is 36.5 Å². The maximum atomic E-state index is 14.2. The smallest absolute Gasteiger partial charge is 0.321 e. The van der Waals surface area contributed by atoms with Gasteiger partial charge in [-0.2, -0.15) is 0 Å². The summed E-state index contributed by atoms with van der Waals surface area (Å²) in [4.78, 5) is 17.3. The first-order valence-corrected chi connectivity index (χ1v) is 12.0. The van der Waals surface area contributed by atoms with Crippen molar-refractivity contribution in [1.29, 1.82) is 0 Å². The highest BCUT2D eigenvalue weighted by atomic mass is 19.1. The molecular weight excluding hydrogens is 429 g/mol. The average Bonchev–Trinajstić information content (AvgIpc) is 2.84. The fourth-order valence-electron chi connectivity index (χ4n) is 5.43. The summed E-state index contributed by atoms with van der Waals surface area (Å²) in [6, 6.07) is 24.4. The number of aliphatic hydroxyl groups excluding tert-OH is 1. The van der Waals surface area contributed by atoms with Gasteiger partial charge in [0, 0.05) is 42.3 Å². The van der Waals surface area contributed by atoms with E-state index in [1.165, 1.54) is 6.07 Å². The number of nitrogens with one attached hydrogen (secondary N) is 1. The molecule has 0 aliphatic carbocycles. The molecule has 0 aromatic heterocycles. The lowest BCUT2D eigenvalue weighted by atomic mass is 9.74. The van der Waals surface area contributed by atoms with Crippen LogP contribution in [0.2, 0.25) is 0 Å². The molecule has 0 bridgehead atoms. The zero-order valence-electron chi connectivity index (χ0n) is 19.1. The summed E-state index contributed by atoms with van der Waals surface area (Å²) in [6.45, 7) is 2.32. The van der Waals surface area contributed by atoms with Crippen molar-refractivity contribution in [2.24, 2.45) is 0 Å². The van der Waals surface area contributed by atoms with Crippen LogP contribution in [0.5, 0.6) is 0 Å². The monoisotopic (exact) mass is 459 g/mol. The third-order valence-corrected chi connectivity index (χ3v) is 7.16. The molecule has 3 aromatic carbocycles. The summed E-state index contributed by atoms with van der Waals surface area (Å²) in [7, 11) is 0. The molecule has 2 N–H and O–H groups in total. The number of halogens is 1. The van der Waals surface area contributed by atoms with Gasteiger partial charge in [-0.15, -0.1) is 0 Å². The van der Waals surface area contributed by atoms with Crippen molar-refractivity contribution in [2.45, 2.75) is 30.8 Å². The van der Waals surface area contributed by atoms with Gasteiger partial charge in [0.2, 0.25) is 0 Å². The van der Waals surface area contributed by atoms with Crippen LogP contribution in [0, 0.1) is 5.82 Å². The molecule has 2 aliphatic rings. The number of carbonyl (C=O) groups is 1. The van der Waals surface area contributed by atoms with Crippen LogP contribution in [0.15, 0.2) is 78.9 Å². The number of nitrogens with zero attached hydrogens (tertiary/aromatic N) is 2. The van der Waals surface area contributed by atoms with Gasteiger partial charge >= 0.3 is 6.03 Å². The van der Waals surface area contributed by atoms with E-state index in [9.17, 15) is 14.3 Å². The number of carbonyl (C=O) groups excluding carboxylic acids is 1. The molecule has 2 heterocycles. The lowest BCUT2D eigenvalue weighted by Gasteiger charge is -2.57. The second kappa shape index (κ2) is 9.95. The van der Waals surface area contributed by atoms with E-state index in [4.69, 9.17) is 0 Å². The Labute approximate surface area is 199 Å². The van der Waals surface area contributed by atoms with E-state index in [1.54, 1.807) is 12.1 Å². The van der Waals surface area contributed by atoms with Crippen molar-refractivity contribution in [3.05, 3.63) is 90.2 Å². The van der Waals surface area contributed by atoms with E-state index < -0.39 is 0 Å². The summed E-state index contributed by atoms with van der Waals surface area (Å²) in [6.07, 6.45) is 1.92. The Morgan fingerprint density at radius 2 is 1.65 bits per heavy atom. The van der Waals surface area contributed by atoms with Crippen molar-refractivity contribution < 1.29 is 14.3 Å². The largest absolute Gasteiger partial charge is 0.395 e. The zero-order valence-corrected chi connectivity index (χ0v) is 19.1. The lowest BCUT2D eigenvalue weighted by molar-refractivity contribution is -0.0585. The fourth-order valence-corrected chi connectivity index (χ4v) is 5.43. The number of para-hydroxylation sites is 1. The first-order valence-electron chi connectivity index (χ1n) is 12.0. The van der Waals surface area contributed by atoms with Crippen molar-refractivity contribution in [3.63, 3.8) is 0 Å². The number of fused-ring (bicyclic) bond motifs is 1. The molecule has 0 unspecified atom stereocenters. The molecule has 5 nitrogen and oxygen atoms in total. The van der Waals surface area contributed by atoms with Gasteiger partial charge in [0.15, 0.2) is 0 Å². The molecular formula is C28H30FN3O2. The topological polar surface area (TPSA) is 55.8 Å². The van der Waals surface area contributed by atoms with E-state index >= 15 is 0 Å². The number of benzene rings is 3. The number of anilines is 1. The van der Waals surface area contributed by atoms with Crippen LogP contribution < -0.4 is 5.32 Å². The van der Waals surface area contributed by atoms with Crippen LogP contribution in [0.4, 0.5) is 14.9 Å². The molecule has 2 fully saturated rings. The minimum absolute atomic E-state index is 0.0291. The normalized spacial score (nSPS) is 22.8. The van der Waals surface area contributed by atoms with Gasteiger partial charge in [-0.1, -0.05) is 60.7 Å². The number of hydrogen-bond donors (Lipinski definition) is 2. The summed E-state index contributed by atoms with van der Waals surface area (Å²) >= 11 is 0. The predicted molar refractivity (Wildman–Crippen MR) is 132 cm³/mol. The molecule has 34 heavy (non-hydrogen) atoms. The van der Waals surface area contributed by atoms with Crippen LogP contribution >= 0.6 is 0 Å². The number of aliphatic hydroxyl groups is 1. The quantitative estimate of drug-likeness (QED) is 0.581. The minimum atomic E-state index is -0.238. The maximum Gasteiger partial charge on any atom is 0.321 e. The minimum Gasteiger partial charge on any atom is -0.395 e. The number of hydrogen-bond acceptors (Lipinski definition) is 3. The first-order chi connectivity index (χ1) is 16.7. The third kappa shape index (κ3) is 4.43. The summed E-state index contributed by atoms with van der Waals surface area (Å²) in [5.74, 6) is -0.122. The highest BCUT2D eigenvalue weighted by Crippen LogP contribution is 2.42. The second-order valence-electron chi connectivity index (χ2n) is 9.13. The molecule has 6 heteroatoms. The molecule has 0 radical (unpaired) electrons. The van der Waals surface area contributed by atoms with E-state index in [0.29, 0.717) is 18.7 Å². The van der Waals surface area contributed by atoms with Crippen LogP contribution in [-0.2, 0) is 0 Å². The van der Waals surface area contributed by atoms with Gasteiger partial charge in [-0.3, -0.25) is 4.90 Å². The Bertz CT molecular complexity index is 1120. The third-order valence-electron chi connectivity index (χ3n) is 7.16. The van der Waals surface area contributed by atoms with E-state index in [0.717, 1.165) is 36.2 Å². The molecule has 0 saturated carbocycles. The Morgan fingerprint density at radius 3 is 2.38 bits per heavy atom. The summed E-state index contributed by atoms with van der Waals surface area (Å²) in [5, 5.41) is 13.2. The Morgan fingerprint density at radius 1 is 0.941 bits per heavy atom. The first kappa shape index (κ1) is 22.6. The van der Waals surface area contributed by atoms with Gasteiger partial charge in [-0.05, 0) is 48.7 Å². The van der Waals surface area contributed by atoms with Gasteiger partial charge in [0.1, 0.15) is 5.82 Å². The highest BCUT2D eigenvalue weighted by molar-refractivity contribution is 5.89. The predicted octanol–water partition coefficient (Wildman–Crippen LogP) is 4.95. The highest BCUT2D eigenvalue weighted by Gasteiger charge is 2.49. The molecule has 0 spiro atoms. The standard InChI is InChI=1S/C28H30FN3O2/c29-24-11-5-4-10-23(24)20-12-14-21(15-13-20)27-25-18-31(16-6-7-17-32(25)26(27)19-33)28(34)30-22-8-2-1-3-9-22/h1-5,8-15,25-27,33H,6-7,16-19H2,(H,30,34)/t25-,26+,27-/m0/s1. The molecule has 2 aliphatic heterocycles. The Kier molecular flexibility index (Phi) is 6.61. The molecule has 3 aromatic rings. The van der Waals surface area contributed by atoms with Crippen molar-refractivity contribution in [2.75, 3.05) is 31.6 Å². The molecule has 3 atom stereocenters. The number of amides is 2. The van der Waals surface area contributed by atoms with Crippen molar-refractivity contribution in [1.82, 2.24) is 9.80 Å². The second-order valence-corrected chi connectivity index (χ2v) is 9.13. The van der Waals surface area contributed by atoms with Gasteiger partial charge in [-0.25, -0.2) is 9.18 Å². The van der Waals surface area contributed by atoms with Gasteiger partial charge < -0.3 is 15.3 Å². The van der Waals surface area contributed by atoms with Crippen molar-refractivity contribution in [3.8, 4) is 11.1 Å². The summed E-state index contributed by atoms with van der Waals surface area (Å²) < 4.78 is 14.2. The van der Waals surface area contributed by atoms with Gasteiger partial charge in [0.25, 0.3) is 0 Å². The van der Waals surface area contributed by atoms with Crippen LogP contribution in [-0.4, -0.2) is 59.3 Å². The van der Waals surface area contributed by atoms with Crippen LogP contribution in [0.1, 0.15) is 24.3 Å². The molecule has 2 saturated heterocycles. The molecule has 5 rings (SSSR count). The number of urea groups is 1. The zero-order chi connectivity index (χ0) is 23.5. The average molecular weight is 460 g/mol. The molecule has 176 valence electrons. The van der Waals surface area contributed by atoms with Crippen LogP contribution in [0.3, 0.4) is 0 Å². The Balaban J connectivity index is 1.36. The maximum absolute atomic E-state index is 14.2. The summed E-state index contributed by atoms with van der Waals surface area (Å²) in [5.41, 5.74) is 3.32. The van der Waals surface area contributed by atoms with E-state index in [2.05, 4.69) is 10.2 Å². The van der Waals surface area contributed by atoms with Crippen molar-refractivity contribution >= 4 is 11.7 Å². The van der Waals surface area contributed by atoms with Crippen LogP contribution in [0.25, 0.3) is 11.1 Å². The SMILES string of the molecule is O=C(Nc1ccccc1)N1CCCCN2[C@H](CO)[C@@H](c3ccc(-c4ccccc4F)cc3)[C@@H]2C1. The number of rotatable bonds is 4. The Hall–Kier alpha value is -3.22.